The predicted molar refractivity (Wildman–Crippen MR) is 146 cm³/mol. The first-order valence-electron chi connectivity index (χ1n) is 12.9. The van der Waals surface area contributed by atoms with Crippen molar-refractivity contribution in [2.75, 3.05) is 29.5 Å². The molecule has 1 aliphatic rings. The van der Waals surface area contributed by atoms with Gasteiger partial charge in [0.1, 0.15) is 17.7 Å². The number of ether oxygens (including phenoxy) is 1. The summed E-state index contributed by atoms with van der Waals surface area (Å²) in [6.07, 6.45) is -2.10. The second-order valence-corrected chi connectivity index (χ2v) is 9.90. The van der Waals surface area contributed by atoms with E-state index in [9.17, 15) is 23.1 Å². The van der Waals surface area contributed by atoms with E-state index in [1.54, 1.807) is 28.8 Å². The standard InChI is InChI=1S/C27H29F3N8O3/c1-15-10-37(11-16(2)41-15)12-21-20(13-39)23(24-25(31)33-14-34-38(21)24)17-3-5-19(6-4-17)35-26(40)36-22-9-18(7-8-32-22)27(28,29)30/h3-9,14-16,39H,10-13H2,1-2H3,(H2,31,33,34)(H2,32,35,36,40). The van der Waals surface area contributed by atoms with Crippen molar-refractivity contribution in [3.63, 3.8) is 0 Å². The van der Waals surface area contributed by atoms with Crippen LogP contribution in [-0.4, -0.2) is 60.9 Å². The van der Waals surface area contributed by atoms with Gasteiger partial charge in [0.15, 0.2) is 5.82 Å². The number of hydrogen-bond donors (Lipinski definition) is 4. The van der Waals surface area contributed by atoms with Crippen molar-refractivity contribution >= 4 is 28.9 Å². The number of nitrogens with two attached hydrogens (primary N) is 1. The number of morpholine rings is 1. The van der Waals surface area contributed by atoms with Crippen molar-refractivity contribution in [1.82, 2.24) is 24.5 Å². The molecule has 2 unspecified atom stereocenters. The van der Waals surface area contributed by atoms with Crippen LogP contribution in [0.3, 0.4) is 0 Å². The predicted octanol–water partition coefficient (Wildman–Crippen LogP) is 4.14. The molecule has 4 aromatic rings. The molecule has 14 heteroatoms. The quantitative estimate of drug-likeness (QED) is 0.271. The lowest BCUT2D eigenvalue weighted by molar-refractivity contribution is -0.137. The maximum Gasteiger partial charge on any atom is 0.416 e. The van der Waals surface area contributed by atoms with Gasteiger partial charge in [-0.1, -0.05) is 12.1 Å². The Labute approximate surface area is 233 Å². The molecule has 5 rings (SSSR count). The first-order chi connectivity index (χ1) is 19.5. The van der Waals surface area contributed by atoms with Crippen molar-refractivity contribution in [3.8, 4) is 11.1 Å². The summed E-state index contributed by atoms with van der Waals surface area (Å²) in [6, 6.07) is 7.54. The highest BCUT2D eigenvalue weighted by Crippen LogP contribution is 2.37. The number of aliphatic hydroxyl groups excluding tert-OH is 1. The number of fused-ring (bicyclic) bond motifs is 1. The Hall–Kier alpha value is -4.27. The van der Waals surface area contributed by atoms with E-state index < -0.39 is 17.8 Å². The van der Waals surface area contributed by atoms with Gasteiger partial charge < -0.3 is 20.9 Å². The lowest BCUT2D eigenvalue weighted by atomic mass is 10.0. The minimum Gasteiger partial charge on any atom is -0.392 e. The van der Waals surface area contributed by atoms with Gasteiger partial charge in [-0.25, -0.2) is 19.3 Å². The fraction of sp³-hybridized carbons (Fsp3) is 0.333. The lowest BCUT2D eigenvalue weighted by Gasteiger charge is -2.35. The molecular formula is C27H29F3N8O3. The monoisotopic (exact) mass is 570 g/mol. The number of amides is 2. The smallest absolute Gasteiger partial charge is 0.392 e. The Balaban J connectivity index is 1.40. The van der Waals surface area contributed by atoms with E-state index in [2.05, 4.69) is 30.6 Å². The Kier molecular flexibility index (Phi) is 7.80. The summed E-state index contributed by atoms with van der Waals surface area (Å²) in [6.45, 7) is 5.71. The van der Waals surface area contributed by atoms with Gasteiger partial charge in [0.05, 0.1) is 30.1 Å². The Bertz CT molecular complexity index is 1550. The second-order valence-electron chi connectivity index (χ2n) is 9.90. The van der Waals surface area contributed by atoms with Gasteiger partial charge in [-0.3, -0.25) is 10.2 Å². The van der Waals surface area contributed by atoms with E-state index in [1.165, 1.54) is 6.33 Å². The zero-order chi connectivity index (χ0) is 29.3. The number of benzene rings is 1. The molecule has 0 bridgehead atoms. The van der Waals surface area contributed by atoms with E-state index >= 15 is 0 Å². The van der Waals surface area contributed by atoms with Crippen LogP contribution in [0.25, 0.3) is 16.6 Å². The number of pyridine rings is 1. The number of aliphatic hydroxyl groups is 1. The number of anilines is 3. The molecule has 1 fully saturated rings. The maximum atomic E-state index is 13.0. The van der Waals surface area contributed by atoms with Gasteiger partial charge >= 0.3 is 12.2 Å². The summed E-state index contributed by atoms with van der Waals surface area (Å²) < 4.78 is 46.4. The SMILES string of the molecule is CC1CN(Cc2c(CO)c(-c3ccc(NC(=O)Nc4cc(C(F)(F)F)ccn4)cc3)c3c(N)ncnn23)CC(C)O1. The van der Waals surface area contributed by atoms with E-state index in [0.717, 1.165) is 37.1 Å². The number of nitrogens with one attached hydrogen (secondary N) is 2. The molecule has 216 valence electrons. The van der Waals surface area contributed by atoms with Crippen LogP contribution in [-0.2, 0) is 24.1 Å². The van der Waals surface area contributed by atoms with Crippen molar-refractivity contribution in [3.05, 3.63) is 65.7 Å². The molecule has 1 saturated heterocycles. The molecule has 2 atom stereocenters. The molecule has 41 heavy (non-hydrogen) atoms. The number of nitrogens with zero attached hydrogens (tertiary/aromatic N) is 5. The largest absolute Gasteiger partial charge is 0.416 e. The normalized spacial score (nSPS) is 18.0. The first-order valence-corrected chi connectivity index (χ1v) is 12.9. The van der Waals surface area contributed by atoms with E-state index in [4.69, 9.17) is 10.5 Å². The van der Waals surface area contributed by atoms with Crippen LogP contribution in [0.1, 0.15) is 30.7 Å². The molecule has 0 spiro atoms. The van der Waals surface area contributed by atoms with Crippen LogP contribution in [0, 0.1) is 0 Å². The molecule has 1 aliphatic heterocycles. The van der Waals surface area contributed by atoms with Gasteiger partial charge in [-0.15, -0.1) is 0 Å². The number of rotatable bonds is 6. The molecule has 1 aromatic carbocycles. The second kappa shape index (κ2) is 11.3. The zero-order valence-corrected chi connectivity index (χ0v) is 22.3. The summed E-state index contributed by atoms with van der Waals surface area (Å²) in [4.78, 5) is 22.6. The summed E-state index contributed by atoms with van der Waals surface area (Å²) in [5, 5.41) is 19.8. The Morgan fingerprint density at radius 1 is 1.12 bits per heavy atom. The number of alkyl halides is 3. The molecule has 11 nitrogen and oxygen atoms in total. The van der Waals surface area contributed by atoms with Crippen LogP contribution in [0.15, 0.2) is 48.9 Å². The first kappa shape index (κ1) is 28.3. The molecule has 0 aliphatic carbocycles. The molecule has 5 N–H and O–H groups in total. The molecule has 3 aromatic heterocycles. The summed E-state index contributed by atoms with van der Waals surface area (Å²) >= 11 is 0. The van der Waals surface area contributed by atoms with Gasteiger partial charge in [-0.2, -0.15) is 18.3 Å². The highest BCUT2D eigenvalue weighted by molar-refractivity contribution is 5.99. The van der Waals surface area contributed by atoms with Crippen molar-refractivity contribution < 1.29 is 27.8 Å². The highest BCUT2D eigenvalue weighted by Gasteiger charge is 2.31. The number of urea groups is 1. The number of nitrogen functional groups attached to an aromatic ring is 1. The third-order valence-electron chi connectivity index (χ3n) is 6.75. The topological polar surface area (TPSA) is 143 Å². The maximum absolute atomic E-state index is 13.0. The number of carbonyl (C=O) groups excluding carboxylic acids is 1. The van der Waals surface area contributed by atoms with Crippen LogP contribution >= 0.6 is 0 Å². The van der Waals surface area contributed by atoms with Gasteiger partial charge in [0.2, 0.25) is 0 Å². The van der Waals surface area contributed by atoms with Crippen molar-refractivity contribution in [2.45, 2.75) is 45.4 Å². The van der Waals surface area contributed by atoms with Crippen LogP contribution in [0.5, 0.6) is 0 Å². The fourth-order valence-corrected chi connectivity index (χ4v) is 5.16. The third kappa shape index (κ3) is 6.09. The molecular weight excluding hydrogens is 541 g/mol. The van der Waals surface area contributed by atoms with Crippen LogP contribution in [0.2, 0.25) is 0 Å². The highest BCUT2D eigenvalue weighted by atomic mass is 19.4. The Morgan fingerprint density at radius 3 is 2.49 bits per heavy atom. The van der Waals surface area contributed by atoms with E-state index in [1.807, 2.05) is 13.8 Å². The number of aromatic nitrogens is 4. The number of halogens is 3. The van der Waals surface area contributed by atoms with Crippen molar-refractivity contribution in [1.29, 1.82) is 0 Å². The van der Waals surface area contributed by atoms with Gasteiger partial charge in [-0.05, 0) is 43.7 Å². The third-order valence-corrected chi connectivity index (χ3v) is 6.75. The number of carbonyl (C=O) groups is 1. The summed E-state index contributed by atoms with van der Waals surface area (Å²) in [7, 11) is 0. The minimum absolute atomic E-state index is 0.0586. The fourth-order valence-electron chi connectivity index (χ4n) is 5.16. The minimum atomic E-state index is -4.56. The average Bonchev–Trinajstić information content (AvgIpc) is 3.22. The summed E-state index contributed by atoms with van der Waals surface area (Å²) in [5.74, 6) is 0.00343. The molecule has 4 heterocycles. The molecule has 0 radical (unpaired) electrons. The summed E-state index contributed by atoms with van der Waals surface area (Å²) in [5.41, 5.74) is 9.10. The van der Waals surface area contributed by atoms with Crippen LogP contribution < -0.4 is 16.4 Å². The van der Waals surface area contributed by atoms with Crippen molar-refractivity contribution in [2.24, 2.45) is 0 Å². The zero-order valence-electron chi connectivity index (χ0n) is 22.3. The van der Waals surface area contributed by atoms with E-state index in [-0.39, 0.29) is 30.5 Å². The van der Waals surface area contributed by atoms with Crippen LogP contribution in [0.4, 0.5) is 35.3 Å². The van der Waals surface area contributed by atoms with Gasteiger partial charge in [0, 0.05) is 42.6 Å². The van der Waals surface area contributed by atoms with Gasteiger partial charge in [0.25, 0.3) is 0 Å². The Morgan fingerprint density at radius 2 is 1.83 bits per heavy atom. The number of hydrogen-bond acceptors (Lipinski definition) is 8. The average molecular weight is 571 g/mol. The molecule has 0 saturated carbocycles. The molecule has 2 amide bonds. The van der Waals surface area contributed by atoms with E-state index in [0.29, 0.717) is 34.4 Å². The lowest BCUT2D eigenvalue weighted by Crippen LogP contribution is -2.45.